The molecule has 0 N–H and O–H groups in total. The van der Waals surface area contributed by atoms with Crippen LogP contribution in [0.3, 0.4) is 0 Å². The largest absolute Gasteiger partial charge is 0.290 e. The second kappa shape index (κ2) is 8.24. The SMILES string of the molecule is CCCCCCCC([C]=O)C(=O)Cl. The minimum Gasteiger partial charge on any atom is -0.290 e. The van der Waals surface area contributed by atoms with Crippen LogP contribution in [0.25, 0.3) is 0 Å². The van der Waals surface area contributed by atoms with Gasteiger partial charge in [0.05, 0.1) is 5.92 Å². The van der Waals surface area contributed by atoms with Crippen molar-refractivity contribution in [3.05, 3.63) is 0 Å². The molecule has 0 saturated carbocycles. The van der Waals surface area contributed by atoms with E-state index in [1.807, 2.05) is 0 Å². The Morgan fingerprint density at radius 1 is 1.31 bits per heavy atom. The molecule has 0 aliphatic rings. The third-order valence-electron chi connectivity index (χ3n) is 2.01. The lowest BCUT2D eigenvalue weighted by molar-refractivity contribution is -0.113. The summed E-state index contributed by atoms with van der Waals surface area (Å²) in [5.41, 5.74) is 0. The van der Waals surface area contributed by atoms with Crippen LogP contribution in [-0.2, 0) is 9.59 Å². The highest BCUT2D eigenvalue weighted by Gasteiger charge is 2.14. The number of rotatable bonds is 8. The summed E-state index contributed by atoms with van der Waals surface area (Å²) >= 11 is 5.18. The third-order valence-corrected chi connectivity index (χ3v) is 2.28. The van der Waals surface area contributed by atoms with E-state index in [0.717, 1.165) is 12.8 Å². The summed E-state index contributed by atoms with van der Waals surface area (Å²) in [6.45, 7) is 2.14. The minimum absolute atomic E-state index is 0.551. The van der Waals surface area contributed by atoms with Gasteiger partial charge < -0.3 is 0 Å². The highest BCUT2D eigenvalue weighted by molar-refractivity contribution is 6.65. The lowest BCUT2D eigenvalue weighted by atomic mass is 10.0. The van der Waals surface area contributed by atoms with E-state index in [0.29, 0.717) is 6.42 Å². The second-order valence-electron chi connectivity index (χ2n) is 3.18. The van der Waals surface area contributed by atoms with Gasteiger partial charge in [-0.1, -0.05) is 39.0 Å². The van der Waals surface area contributed by atoms with Crippen LogP contribution in [0.15, 0.2) is 0 Å². The van der Waals surface area contributed by atoms with Crippen molar-refractivity contribution < 1.29 is 9.59 Å². The molecule has 0 spiro atoms. The van der Waals surface area contributed by atoms with Crippen molar-refractivity contribution >= 4 is 23.1 Å². The average Bonchev–Trinajstić information content (AvgIpc) is 2.10. The van der Waals surface area contributed by atoms with Crippen molar-refractivity contribution in [2.75, 3.05) is 0 Å². The van der Waals surface area contributed by atoms with Crippen molar-refractivity contribution in [2.24, 2.45) is 5.92 Å². The van der Waals surface area contributed by atoms with Gasteiger partial charge >= 0.3 is 0 Å². The van der Waals surface area contributed by atoms with Gasteiger partial charge in [0.2, 0.25) is 11.5 Å². The highest BCUT2D eigenvalue weighted by atomic mass is 35.5. The van der Waals surface area contributed by atoms with Gasteiger partial charge in [0, 0.05) is 0 Å². The molecule has 0 bridgehead atoms. The summed E-state index contributed by atoms with van der Waals surface area (Å²) in [7, 11) is 0. The number of carbonyl (C=O) groups excluding carboxylic acids is 2. The van der Waals surface area contributed by atoms with Crippen molar-refractivity contribution in [3.63, 3.8) is 0 Å². The molecule has 0 aromatic carbocycles. The van der Waals surface area contributed by atoms with Crippen LogP contribution in [0.1, 0.15) is 45.4 Å². The Kier molecular flexibility index (Phi) is 8.00. The molecule has 0 aliphatic heterocycles. The first-order chi connectivity index (χ1) is 6.22. The highest BCUT2D eigenvalue weighted by Crippen LogP contribution is 2.12. The fourth-order valence-electron chi connectivity index (χ4n) is 1.17. The van der Waals surface area contributed by atoms with Crippen molar-refractivity contribution in [2.45, 2.75) is 45.4 Å². The Hall–Kier alpha value is -0.370. The fourth-order valence-corrected chi connectivity index (χ4v) is 1.32. The molecular weight excluding hydrogens is 188 g/mol. The normalized spacial score (nSPS) is 12.5. The molecule has 75 valence electrons. The number of carbonyl (C=O) groups is 1. The second-order valence-corrected chi connectivity index (χ2v) is 3.55. The van der Waals surface area contributed by atoms with Gasteiger partial charge in [-0.3, -0.25) is 9.59 Å². The van der Waals surface area contributed by atoms with Gasteiger partial charge in [0.15, 0.2) is 0 Å². The number of hydrogen-bond acceptors (Lipinski definition) is 2. The lowest BCUT2D eigenvalue weighted by Crippen LogP contribution is -2.09. The Morgan fingerprint density at radius 3 is 2.38 bits per heavy atom. The summed E-state index contributed by atoms with van der Waals surface area (Å²) in [6, 6.07) is 0. The molecule has 0 aromatic heterocycles. The predicted molar refractivity (Wildman–Crippen MR) is 53.4 cm³/mol. The van der Waals surface area contributed by atoms with Gasteiger partial charge in [-0.05, 0) is 18.0 Å². The molecule has 1 unspecified atom stereocenters. The zero-order chi connectivity index (χ0) is 10.1. The van der Waals surface area contributed by atoms with E-state index in [1.165, 1.54) is 19.3 Å². The van der Waals surface area contributed by atoms with E-state index in [4.69, 9.17) is 11.6 Å². The van der Waals surface area contributed by atoms with E-state index in [1.54, 1.807) is 6.29 Å². The van der Waals surface area contributed by atoms with Crippen LogP contribution >= 0.6 is 11.6 Å². The maximum atomic E-state index is 10.6. The average molecular weight is 204 g/mol. The number of hydrogen-bond donors (Lipinski definition) is 0. The number of unbranched alkanes of at least 4 members (excludes halogenated alkanes) is 4. The van der Waals surface area contributed by atoms with Crippen LogP contribution in [0.5, 0.6) is 0 Å². The van der Waals surface area contributed by atoms with Crippen LogP contribution in [0.4, 0.5) is 0 Å². The van der Waals surface area contributed by atoms with Crippen LogP contribution in [0.2, 0.25) is 0 Å². The molecule has 13 heavy (non-hydrogen) atoms. The van der Waals surface area contributed by atoms with Crippen LogP contribution in [-0.4, -0.2) is 11.5 Å². The Balaban J connectivity index is 3.39. The molecule has 1 atom stereocenters. The topological polar surface area (TPSA) is 34.1 Å². The summed E-state index contributed by atoms with van der Waals surface area (Å²) in [5.74, 6) is -0.705. The Bertz CT molecular complexity index is 157. The van der Waals surface area contributed by atoms with Gasteiger partial charge in [-0.15, -0.1) is 0 Å². The molecule has 0 saturated heterocycles. The van der Waals surface area contributed by atoms with Gasteiger partial charge in [0.1, 0.15) is 0 Å². The molecule has 0 rings (SSSR count). The maximum absolute atomic E-state index is 10.6. The monoisotopic (exact) mass is 203 g/mol. The van der Waals surface area contributed by atoms with Crippen molar-refractivity contribution in [1.29, 1.82) is 0 Å². The molecule has 0 amide bonds. The molecule has 0 fully saturated rings. The van der Waals surface area contributed by atoms with Crippen molar-refractivity contribution in [3.8, 4) is 0 Å². The molecule has 0 heterocycles. The summed E-state index contributed by atoms with van der Waals surface area (Å²) in [5, 5.41) is -0.578. The lowest BCUT2D eigenvalue weighted by Gasteiger charge is -2.02. The van der Waals surface area contributed by atoms with Gasteiger partial charge in [-0.2, -0.15) is 0 Å². The smallest absolute Gasteiger partial charge is 0.232 e. The van der Waals surface area contributed by atoms with E-state index < -0.39 is 11.2 Å². The summed E-state index contributed by atoms with van der Waals surface area (Å²) < 4.78 is 0. The first kappa shape index (κ1) is 12.6. The maximum Gasteiger partial charge on any atom is 0.232 e. The van der Waals surface area contributed by atoms with E-state index in [9.17, 15) is 9.59 Å². The molecule has 3 heteroatoms. The number of halogens is 1. The quantitative estimate of drug-likeness (QED) is 0.345. The van der Waals surface area contributed by atoms with E-state index in [2.05, 4.69) is 6.92 Å². The van der Waals surface area contributed by atoms with Gasteiger partial charge in [0.25, 0.3) is 0 Å². The van der Waals surface area contributed by atoms with E-state index >= 15 is 0 Å². The summed E-state index contributed by atoms with van der Waals surface area (Å²) in [4.78, 5) is 20.8. The molecular formula is C10H16ClO2. The zero-order valence-electron chi connectivity index (χ0n) is 8.01. The molecule has 1 radical (unpaired) electrons. The summed E-state index contributed by atoms with van der Waals surface area (Å²) in [6.07, 6.45) is 7.73. The first-order valence-electron chi connectivity index (χ1n) is 4.79. The molecule has 0 aromatic rings. The van der Waals surface area contributed by atoms with E-state index in [-0.39, 0.29) is 0 Å². The van der Waals surface area contributed by atoms with Crippen molar-refractivity contribution in [1.82, 2.24) is 0 Å². The minimum atomic E-state index is -0.705. The van der Waals surface area contributed by atoms with Crippen LogP contribution < -0.4 is 0 Å². The predicted octanol–water partition coefficient (Wildman–Crippen LogP) is 2.84. The van der Waals surface area contributed by atoms with Gasteiger partial charge in [-0.25, -0.2) is 0 Å². The van der Waals surface area contributed by atoms with Crippen LogP contribution in [0, 0.1) is 5.92 Å². The third kappa shape index (κ3) is 6.76. The zero-order valence-corrected chi connectivity index (χ0v) is 8.77. The molecule has 0 aliphatic carbocycles. The molecule has 2 nitrogen and oxygen atoms in total. The Morgan fingerprint density at radius 2 is 1.92 bits per heavy atom. The fraction of sp³-hybridized carbons (Fsp3) is 0.800. The first-order valence-corrected chi connectivity index (χ1v) is 5.17. The standard InChI is InChI=1S/C10H16ClO2/c1-2-3-4-5-6-7-9(8-12)10(11)13/h9H,2-7H2,1H3. The Labute approximate surface area is 84.7 Å².